The molecule has 0 aromatic rings. The van der Waals surface area contributed by atoms with Crippen LogP contribution in [0, 0.1) is 0 Å². The molecular formula is C12H19NOS. The zero-order valence-corrected chi connectivity index (χ0v) is 10.2. The molecular weight excluding hydrogens is 206 g/mol. The van der Waals surface area contributed by atoms with E-state index in [0.717, 1.165) is 18.7 Å². The van der Waals surface area contributed by atoms with E-state index >= 15 is 0 Å². The number of nitrogens with zero attached hydrogens (tertiary/aromatic N) is 1. The molecule has 0 radical (unpaired) electrons. The summed E-state index contributed by atoms with van der Waals surface area (Å²) >= 11 is 1.81. The van der Waals surface area contributed by atoms with Gasteiger partial charge in [0.05, 0.1) is 4.75 Å². The van der Waals surface area contributed by atoms with Gasteiger partial charge in [-0.1, -0.05) is 6.08 Å². The van der Waals surface area contributed by atoms with Crippen LogP contribution in [-0.4, -0.2) is 33.9 Å². The number of hydrogen-bond donors (Lipinski definition) is 0. The fourth-order valence-corrected chi connectivity index (χ4v) is 3.93. The zero-order valence-electron chi connectivity index (χ0n) is 9.37. The maximum absolute atomic E-state index is 12.4. The van der Waals surface area contributed by atoms with Crippen LogP contribution in [0.2, 0.25) is 0 Å². The normalized spacial score (nSPS) is 36.2. The smallest absolute Gasteiger partial charge is 0.239 e. The second-order valence-electron chi connectivity index (χ2n) is 4.66. The molecule has 0 bridgehead atoms. The molecule has 1 amide bonds. The number of fused-ring (bicyclic) bond motifs is 1. The monoisotopic (exact) mass is 225 g/mol. The van der Waals surface area contributed by atoms with E-state index < -0.39 is 0 Å². The molecule has 0 aliphatic carbocycles. The van der Waals surface area contributed by atoms with Crippen molar-refractivity contribution in [1.82, 2.24) is 4.90 Å². The number of amides is 1. The molecule has 2 fully saturated rings. The minimum absolute atomic E-state index is 0.249. The SMILES string of the molecule is C=CC[C@]1(C)SCCC2CCCN2C1=O. The number of rotatable bonds is 2. The number of allylic oxidation sites excluding steroid dienone is 1. The molecule has 2 rings (SSSR count). The van der Waals surface area contributed by atoms with E-state index in [1.165, 1.54) is 19.3 Å². The van der Waals surface area contributed by atoms with Gasteiger partial charge in [-0.25, -0.2) is 0 Å². The molecule has 2 heterocycles. The summed E-state index contributed by atoms with van der Waals surface area (Å²) < 4.78 is -0.249. The Morgan fingerprint density at radius 1 is 1.67 bits per heavy atom. The molecule has 0 aromatic carbocycles. The molecule has 1 unspecified atom stereocenters. The van der Waals surface area contributed by atoms with Gasteiger partial charge in [-0.15, -0.1) is 18.3 Å². The molecule has 15 heavy (non-hydrogen) atoms. The lowest BCUT2D eigenvalue weighted by atomic mass is 10.0. The molecule has 0 aromatic heterocycles. The van der Waals surface area contributed by atoms with Gasteiger partial charge in [-0.3, -0.25) is 4.79 Å². The Bertz CT molecular complexity index is 279. The van der Waals surface area contributed by atoms with Gasteiger partial charge in [0.2, 0.25) is 5.91 Å². The summed E-state index contributed by atoms with van der Waals surface area (Å²) in [7, 11) is 0. The van der Waals surface area contributed by atoms with Crippen LogP contribution in [0.25, 0.3) is 0 Å². The second-order valence-corrected chi connectivity index (χ2v) is 6.25. The first-order valence-corrected chi connectivity index (χ1v) is 6.72. The first-order chi connectivity index (χ1) is 7.17. The largest absolute Gasteiger partial charge is 0.338 e. The van der Waals surface area contributed by atoms with Crippen LogP contribution in [0.1, 0.15) is 32.6 Å². The van der Waals surface area contributed by atoms with Crippen molar-refractivity contribution >= 4 is 17.7 Å². The standard InChI is InChI=1S/C12H19NOS/c1-3-7-12(2)11(14)13-8-4-5-10(13)6-9-15-12/h3,10H,1,4-9H2,2H3/t10?,12-/m0/s1. The molecule has 0 spiro atoms. The highest BCUT2D eigenvalue weighted by Gasteiger charge is 2.42. The summed E-state index contributed by atoms with van der Waals surface area (Å²) in [6.45, 7) is 6.81. The van der Waals surface area contributed by atoms with Crippen molar-refractivity contribution in [2.24, 2.45) is 0 Å². The Labute approximate surface area is 96.1 Å². The molecule has 2 aliphatic rings. The minimum atomic E-state index is -0.249. The van der Waals surface area contributed by atoms with Crippen LogP contribution in [0.4, 0.5) is 0 Å². The molecule has 2 saturated heterocycles. The summed E-state index contributed by atoms with van der Waals surface area (Å²) in [5.74, 6) is 1.45. The van der Waals surface area contributed by atoms with Gasteiger partial charge in [-0.05, 0) is 38.4 Å². The van der Waals surface area contributed by atoms with Crippen molar-refractivity contribution in [3.05, 3.63) is 12.7 Å². The van der Waals surface area contributed by atoms with E-state index in [1.54, 1.807) is 0 Å². The summed E-state index contributed by atoms with van der Waals surface area (Å²) in [5.41, 5.74) is 0. The van der Waals surface area contributed by atoms with Crippen molar-refractivity contribution in [3.8, 4) is 0 Å². The highest BCUT2D eigenvalue weighted by Crippen LogP contribution is 2.38. The Kier molecular flexibility index (Phi) is 3.10. The van der Waals surface area contributed by atoms with Crippen molar-refractivity contribution in [1.29, 1.82) is 0 Å². The van der Waals surface area contributed by atoms with Crippen molar-refractivity contribution in [2.45, 2.75) is 43.4 Å². The molecule has 3 heteroatoms. The summed E-state index contributed by atoms with van der Waals surface area (Å²) in [5, 5.41) is 0. The first kappa shape index (κ1) is 11.1. The van der Waals surface area contributed by atoms with E-state index in [2.05, 4.69) is 18.4 Å². The van der Waals surface area contributed by atoms with E-state index in [4.69, 9.17) is 0 Å². The van der Waals surface area contributed by atoms with E-state index in [-0.39, 0.29) is 4.75 Å². The number of hydrogen-bond acceptors (Lipinski definition) is 2. The Morgan fingerprint density at radius 3 is 3.20 bits per heavy atom. The highest BCUT2D eigenvalue weighted by molar-refractivity contribution is 8.01. The molecule has 2 atom stereocenters. The van der Waals surface area contributed by atoms with Crippen molar-refractivity contribution in [3.63, 3.8) is 0 Å². The zero-order chi connectivity index (χ0) is 10.9. The Hall–Kier alpha value is -0.440. The van der Waals surface area contributed by atoms with Crippen LogP contribution in [0.3, 0.4) is 0 Å². The van der Waals surface area contributed by atoms with Gasteiger partial charge < -0.3 is 4.90 Å². The van der Waals surface area contributed by atoms with Crippen LogP contribution in [-0.2, 0) is 4.79 Å². The molecule has 0 N–H and O–H groups in total. The summed E-state index contributed by atoms with van der Waals surface area (Å²) in [6, 6.07) is 0.525. The van der Waals surface area contributed by atoms with Gasteiger partial charge in [0.1, 0.15) is 0 Å². The highest BCUT2D eigenvalue weighted by atomic mass is 32.2. The lowest BCUT2D eigenvalue weighted by molar-refractivity contribution is -0.133. The average molecular weight is 225 g/mol. The summed E-state index contributed by atoms with van der Waals surface area (Å²) in [6.07, 6.45) is 6.23. The van der Waals surface area contributed by atoms with E-state index in [1.807, 2.05) is 17.8 Å². The molecule has 2 nitrogen and oxygen atoms in total. The lowest BCUT2D eigenvalue weighted by Crippen LogP contribution is -2.45. The van der Waals surface area contributed by atoms with E-state index in [0.29, 0.717) is 11.9 Å². The molecule has 0 saturated carbocycles. The average Bonchev–Trinajstić information content (AvgIpc) is 2.61. The van der Waals surface area contributed by atoms with Gasteiger partial charge in [0.15, 0.2) is 0 Å². The molecule has 84 valence electrons. The Balaban J connectivity index is 2.20. The van der Waals surface area contributed by atoms with Crippen LogP contribution < -0.4 is 0 Å². The van der Waals surface area contributed by atoms with Crippen molar-refractivity contribution < 1.29 is 4.79 Å². The third kappa shape index (κ3) is 1.94. The third-order valence-corrected chi connectivity index (χ3v) is 4.91. The first-order valence-electron chi connectivity index (χ1n) is 5.73. The van der Waals surface area contributed by atoms with E-state index in [9.17, 15) is 4.79 Å². The van der Waals surface area contributed by atoms with Crippen molar-refractivity contribution in [2.75, 3.05) is 12.3 Å². The van der Waals surface area contributed by atoms with Crippen LogP contribution in [0.5, 0.6) is 0 Å². The quantitative estimate of drug-likeness (QED) is 0.673. The predicted molar refractivity (Wildman–Crippen MR) is 65.0 cm³/mol. The lowest BCUT2D eigenvalue weighted by Gasteiger charge is -2.30. The fraction of sp³-hybridized carbons (Fsp3) is 0.750. The van der Waals surface area contributed by atoms with Crippen LogP contribution >= 0.6 is 11.8 Å². The van der Waals surface area contributed by atoms with Gasteiger partial charge >= 0.3 is 0 Å². The third-order valence-electron chi connectivity index (χ3n) is 3.50. The number of carbonyl (C=O) groups excluding carboxylic acids is 1. The van der Waals surface area contributed by atoms with Crippen LogP contribution in [0.15, 0.2) is 12.7 Å². The summed E-state index contributed by atoms with van der Waals surface area (Å²) in [4.78, 5) is 14.5. The number of carbonyl (C=O) groups is 1. The molecule has 2 aliphatic heterocycles. The van der Waals surface area contributed by atoms with Gasteiger partial charge in [0.25, 0.3) is 0 Å². The minimum Gasteiger partial charge on any atom is -0.338 e. The number of thioether (sulfide) groups is 1. The maximum Gasteiger partial charge on any atom is 0.239 e. The topological polar surface area (TPSA) is 20.3 Å². The van der Waals surface area contributed by atoms with Gasteiger partial charge in [0, 0.05) is 12.6 Å². The van der Waals surface area contributed by atoms with Gasteiger partial charge in [-0.2, -0.15) is 0 Å². The fourth-order valence-electron chi connectivity index (χ4n) is 2.61. The maximum atomic E-state index is 12.4. The Morgan fingerprint density at radius 2 is 2.47 bits per heavy atom. The predicted octanol–water partition coefficient (Wildman–Crippen LogP) is 2.45. The second kappa shape index (κ2) is 4.20.